The van der Waals surface area contributed by atoms with E-state index in [4.69, 9.17) is 27.6 Å². The summed E-state index contributed by atoms with van der Waals surface area (Å²) in [7, 11) is 0. The molecule has 1 heterocycles. The fourth-order valence-electron chi connectivity index (χ4n) is 2.31. The third-order valence-electron chi connectivity index (χ3n) is 3.49. The van der Waals surface area contributed by atoms with Crippen LogP contribution in [0.4, 0.5) is 5.69 Å². The largest absolute Gasteiger partial charge is 0.420 e. The van der Waals surface area contributed by atoms with Crippen molar-refractivity contribution in [1.82, 2.24) is 4.57 Å². The van der Waals surface area contributed by atoms with E-state index < -0.39 is 17.7 Å². The molecule has 1 aromatic heterocycles. The van der Waals surface area contributed by atoms with Crippen molar-refractivity contribution in [3.05, 3.63) is 63.1 Å². The van der Waals surface area contributed by atoms with Gasteiger partial charge in [-0.2, -0.15) is 0 Å². The quantitative estimate of drug-likeness (QED) is 0.773. The van der Waals surface area contributed by atoms with E-state index in [0.29, 0.717) is 21.8 Å². The van der Waals surface area contributed by atoms with E-state index in [1.165, 1.54) is 4.57 Å². The Morgan fingerprint density at radius 2 is 1.91 bits per heavy atom. The SMILES string of the molecule is CC(C(=O)Nc1cccc(Cl)c1Cl)n1c(=O)oc2ccccc21. The number of rotatable bonds is 3. The van der Waals surface area contributed by atoms with Gasteiger partial charge in [0, 0.05) is 0 Å². The minimum atomic E-state index is -0.777. The Kier molecular flexibility index (Phi) is 4.15. The number of carbonyl (C=O) groups is 1. The highest BCUT2D eigenvalue weighted by molar-refractivity contribution is 6.44. The second-order valence-electron chi connectivity index (χ2n) is 4.97. The van der Waals surface area contributed by atoms with Gasteiger partial charge in [-0.25, -0.2) is 4.79 Å². The smallest absolute Gasteiger partial charge is 0.408 e. The molecule has 3 rings (SSSR count). The average Bonchev–Trinajstić information content (AvgIpc) is 2.86. The van der Waals surface area contributed by atoms with Crippen LogP contribution in [-0.4, -0.2) is 10.5 Å². The Balaban J connectivity index is 1.94. The lowest BCUT2D eigenvalue weighted by molar-refractivity contribution is -0.118. The number of hydrogen-bond acceptors (Lipinski definition) is 3. The van der Waals surface area contributed by atoms with Crippen LogP contribution in [0, 0.1) is 0 Å². The Morgan fingerprint density at radius 3 is 2.70 bits per heavy atom. The molecule has 118 valence electrons. The molecule has 0 radical (unpaired) electrons. The lowest BCUT2D eigenvalue weighted by Gasteiger charge is -2.14. The van der Waals surface area contributed by atoms with Gasteiger partial charge in [0.25, 0.3) is 0 Å². The van der Waals surface area contributed by atoms with Gasteiger partial charge >= 0.3 is 5.76 Å². The number of carbonyl (C=O) groups excluding carboxylic acids is 1. The van der Waals surface area contributed by atoms with Gasteiger partial charge in [0.05, 0.1) is 21.2 Å². The van der Waals surface area contributed by atoms with Crippen molar-refractivity contribution < 1.29 is 9.21 Å². The van der Waals surface area contributed by atoms with Gasteiger partial charge in [0.1, 0.15) is 6.04 Å². The van der Waals surface area contributed by atoms with Crippen molar-refractivity contribution in [3.63, 3.8) is 0 Å². The molecule has 5 nitrogen and oxygen atoms in total. The number of anilines is 1. The summed E-state index contributed by atoms with van der Waals surface area (Å²) >= 11 is 12.0. The zero-order valence-electron chi connectivity index (χ0n) is 12.0. The first kappa shape index (κ1) is 15.6. The standard InChI is InChI=1S/C16H12Cl2N2O3/c1-9(15(21)19-11-6-4-5-10(17)14(11)18)20-12-7-2-3-8-13(12)23-16(20)22/h2-9H,1H3,(H,19,21). The molecule has 0 aliphatic heterocycles. The lowest BCUT2D eigenvalue weighted by atomic mass is 10.2. The van der Waals surface area contributed by atoms with Crippen LogP contribution in [-0.2, 0) is 4.79 Å². The number of hydrogen-bond donors (Lipinski definition) is 1. The molecular formula is C16H12Cl2N2O3. The second kappa shape index (κ2) is 6.10. The number of nitrogens with one attached hydrogen (secondary N) is 1. The van der Waals surface area contributed by atoms with Crippen LogP contribution in [0.3, 0.4) is 0 Å². The molecule has 1 atom stereocenters. The predicted molar refractivity (Wildman–Crippen MR) is 90.3 cm³/mol. The summed E-state index contributed by atoms with van der Waals surface area (Å²) in [6, 6.07) is 11.1. The van der Waals surface area contributed by atoms with Crippen LogP contribution in [0.25, 0.3) is 11.1 Å². The minimum Gasteiger partial charge on any atom is -0.408 e. The maximum Gasteiger partial charge on any atom is 0.420 e. The van der Waals surface area contributed by atoms with Crippen LogP contribution >= 0.6 is 23.2 Å². The molecule has 0 bridgehead atoms. The van der Waals surface area contributed by atoms with Gasteiger partial charge in [0.15, 0.2) is 5.58 Å². The number of benzene rings is 2. The van der Waals surface area contributed by atoms with Crippen molar-refractivity contribution in [2.45, 2.75) is 13.0 Å². The summed E-state index contributed by atoms with van der Waals surface area (Å²) < 4.78 is 6.44. The zero-order valence-corrected chi connectivity index (χ0v) is 13.6. The van der Waals surface area contributed by atoms with E-state index >= 15 is 0 Å². The number of fused-ring (bicyclic) bond motifs is 1. The normalized spacial score (nSPS) is 12.3. The molecule has 7 heteroatoms. The number of nitrogens with zero attached hydrogens (tertiary/aromatic N) is 1. The highest BCUT2D eigenvalue weighted by Gasteiger charge is 2.22. The number of halogens is 2. The lowest BCUT2D eigenvalue weighted by Crippen LogP contribution is -2.29. The molecule has 1 unspecified atom stereocenters. The van der Waals surface area contributed by atoms with Crippen LogP contribution in [0.2, 0.25) is 10.0 Å². The molecule has 0 fully saturated rings. The zero-order chi connectivity index (χ0) is 16.6. The molecule has 0 saturated carbocycles. The van der Waals surface area contributed by atoms with Gasteiger partial charge in [-0.3, -0.25) is 9.36 Å². The minimum absolute atomic E-state index is 0.249. The van der Waals surface area contributed by atoms with Gasteiger partial charge < -0.3 is 9.73 Å². The summed E-state index contributed by atoms with van der Waals surface area (Å²) in [4.78, 5) is 24.5. The molecule has 1 N–H and O–H groups in total. The number of amides is 1. The predicted octanol–water partition coefficient (Wildman–Crippen LogP) is 4.10. The fraction of sp³-hybridized carbons (Fsp3) is 0.125. The number of aromatic nitrogens is 1. The first-order valence-corrected chi connectivity index (χ1v) is 7.59. The van der Waals surface area contributed by atoms with E-state index in [1.807, 2.05) is 0 Å². The summed E-state index contributed by atoms with van der Waals surface area (Å²) in [5.41, 5.74) is 1.37. The highest BCUT2D eigenvalue weighted by atomic mass is 35.5. The molecule has 1 amide bonds. The summed E-state index contributed by atoms with van der Waals surface area (Å²) in [6.45, 7) is 1.61. The maximum absolute atomic E-state index is 12.5. The summed E-state index contributed by atoms with van der Waals surface area (Å²) in [6.07, 6.45) is 0. The van der Waals surface area contributed by atoms with Crippen LogP contribution in [0.5, 0.6) is 0 Å². The van der Waals surface area contributed by atoms with E-state index in [-0.39, 0.29) is 5.02 Å². The number of oxazole rings is 1. The highest BCUT2D eigenvalue weighted by Crippen LogP contribution is 2.30. The Bertz CT molecular complexity index is 946. The number of para-hydroxylation sites is 2. The Hall–Kier alpha value is -2.24. The Morgan fingerprint density at radius 1 is 1.17 bits per heavy atom. The maximum atomic E-state index is 12.5. The first-order valence-electron chi connectivity index (χ1n) is 6.84. The molecule has 2 aromatic carbocycles. The van der Waals surface area contributed by atoms with E-state index in [1.54, 1.807) is 49.4 Å². The van der Waals surface area contributed by atoms with Crippen LogP contribution in [0.1, 0.15) is 13.0 Å². The second-order valence-corrected chi connectivity index (χ2v) is 5.76. The monoisotopic (exact) mass is 350 g/mol. The third kappa shape index (κ3) is 2.85. The summed E-state index contributed by atoms with van der Waals surface area (Å²) in [5.74, 6) is -0.992. The third-order valence-corrected chi connectivity index (χ3v) is 4.31. The van der Waals surface area contributed by atoms with Crippen molar-refractivity contribution >= 4 is 45.9 Å². The molecule has 0 spiro atoms. The molecule has 3 aromatic rings. The van der Waals surface area contributed by atoms with E-state index in [2.05, 4.69) is 5.32 Å². The molecule has 23 heavy (non-hydrogen) atoms. The van der Waals surface area contributed by atoms with E-state index in [9.17, 15) is 9.59 Å². The van der Waals surface area contributed by atoms with Crippen LogP contribution < -0.4 is 11.1 Å². The van der Waals surface area contributed by atoms with Crippen LogP contribution in [0.15, 0.2) is 51.7 Å². The van der Waals surface area contributed by atoms with Gasteiger partial charge in [-0.05, 0) is 31.2 Å². The van der Waals surface area contributed by atoms with Crippen molar-refractivity contribution in [2.24, 2.45) is 0 Å². The molecule has 0 aliphatic carbocycles. The Labute approximate surface area is 141 Å². The summed E-state index contributed by atoms with van der Waals surface area (Å²) in [5, 5.41) is 3.26. The van der Waals surface area contributed by atoms with Crippen molar-refractivity contribution in [1.29, 1.82) is 0 Å². The van der Waals surface area contributed by atoms with Crippen molar-refractivity contribution in [3.8, 4) is 0 Å². The van der Waals surface area contributed by atoms with Gasteiger partial charge in [-0.15, -0.1) is 0 Å². The molecular weight excluding hydrogens is 339 g/mol. The van der Waals surface area contributed by atoms with Gasteiger partial charge in [-0.1, -0.05) is 41.4 Å². The van der Waals surface area contributed by atoms with Gasteiger partial charge in [0.2, 0.25) is 5.91 Å². The molecule has 0 aliphatic rings. The van der Waals surface area contributed by atoms with E-state index in [0.717, 1.165) is 0 Å². The molecule has 0 saturated heterocycles. The fourth-order valence-corrected chi connectivity index (χ4v) is 2.65. The average molecular weight is 351 g/mol. The van der Waals surface area contributed by atoms with Crippen molar-refractivity contribution in [2.75, 3.05) is 5.32 Å². The topological polar surface area (TPSA) is 64.2 Å². The first-order chi connectivity index (χ1) is 11.0.